The van der Waals surface area contributed by atoms with Crippen molar-refractivity contribution < 1.29 is 4.74 Å². The molecule has 0 fully saturated rings. The Balaban J connectivity index is 1.95. The van der Waals surface area contributed by atoms with E-state index in [-0.39, 0.29) is 0 Å². The zero-order valence-electron chi connectivity index (χ0n) is 12.8. The van der Waals surface area contributed by atoms with Gasteiger partial charge in [0.05, 0.1) is 6.61 Å². The van der Waals surface area contributed by atoms with Gasteiger partial charge in [-0.2, -0.15) is 0 Å². The van der Waals surface area contributed by atoms with Crippen molar-refractivity contribution in [3.8, 4) is 5.75 Å². The van der Waals surface area contributed by atoms with E-state index in [2.05, 4.69) is 55.5 Å². The molecule has 1 nitrogen and oxygen atoms in total. The molecule has 0 radical (unpaired) electrons. The van der Waals surface area contributed by atoms with E-state index in [9.17, 15) is 0 Å². The van der Waals surface area contributed by atoms with Gasteiger partial charge in [0.15, 0.2) is 0 Å². The molecule has 0 atom stereocenters. The maximum absolute atomic E-state index is 5.92. The first-order chi connectivity index (χ1) is 10.4. The number of rotatable bonds is 8. The smallest absolute Gasteiger partial charge is 0.126 e. The summed E-state index contributed by atoms with van der Waals surface area (Å²) in [5.41, 5.74) is 2.34. The van der Waals surface area contributed by atoms with Crippen LogP contribution in [0.4, 0.5) is 0 Å². The first-order valence-corrected chi connectivity index (χ1v) is 7.85. The molecule has 0 aromatic heterocycles. The average Bonchev–Trinajstić information content (AvgIpc) is 2.55. The predicted molar refractivity (Wildman–Crippen MR) is 91.4 cm³/mol. The molecule has 2 aromatic carbocycles. The average molecular weight is 280 g/mol. The van der Waals surface area contributed by atoms with Crippen LogP contribution >= 0.6 is 0 Å². The molecule has 0 aliphatic heterocycles. The maximum atomic E-state index is 5.92. The Morgan fingerprint density at radius 3 is 2.38 bits per heavy atom. The monoisotopic (exact) mass is 280 g/mol. The van der Waals surface area contributed by atoms with Gasteiger partial charge in [0.25, 0.3) is 0 Å². The van der Waals surface area contributed by atoms with Crippen molar-refractivity contribution in [2.75, 3.05) is 6.61 Å². The number of ether oxygens (including phenoxy) is 1. The van der Waals surface area contributed by atoms with Crippen molar-refractivity contribution in [3.05, 3.63) is 65.7 Å². The Morgan fingerprint density at radius 2 is 1.57 bits per heavy atom. The summed E-state index contributed by atoms with van der Waals surface area (Å²) in [4.78, 5) is 0. The highest BCUT2D eigenvalue weighted by Crippen LogP contribution is 2.21. The number of hydrogen-bond acceptors (Lipinski definition) is 1. The predicted octanol–water partition coefficient (Wildman–Crippen LogP) is 5.82. The van der Waals surface area contributed by atoms with Gasteiger partial charge in [-0.1, -0.05) is 86.9 Å². The molecule has 0 spiro atoms. The van der Waals surface area contributed by atoms with Gasteiger partial charge in [-0.15, -0.1) is 0 Å². The molecule has 0 aliphatic carbocycles. The van der Waals surface area contributed by atoms with Gasteiger partial charge < -0.3 is 4.74 Å². The summed E-state index contributed by atoms with van der Waals surface area (Å²) in [6.07, 6.45) is 9.17. The third-order valence-corrected chi connectivity index (χ3v) is 3.43. The Labute approximate surface area is 128 Å². The van der Waals surface area contributed by atoms with Crippen LogP contribution in [0.15, 0.2) is 54.6 Å². The van der Waals surface area contributed by atoms with Crippen LogP contribution < -0.4 is 4.74 Å². The van der Waals surface area contributed by atoms with Crippen LogP contribution in [0.1, 0.15) is 43.7 Å². The van der Waals surface area contributed by atoms with E-state index >= 15 is 0 Å². The molecule has 0 saturated carbocycles. The molecule has 0 unspecified atom stereocenters. The largest absolute Gasteiger partial charge is 0.493 e. The fourth-order valence-electron chi connectivity index (χ4n) is 2.21. The highest BCUT2D eigenvalue weighted by molar-refractivity contribution is 5.72. The minimum Gasteiger partial charge on any atom is -0.493 e. The Bertz CT molecular complexity index is 543. The fourth-order valence-corrected chi connectivity index (χ4v) is 2.21. The third-order valence-electron chi connectivity index (χ3n) is 3.43. The summed E-state index contributed by atoms with van der Waals surface area (Å²) in [7, 11) is 0. The van der Waals surface area contributed by atoms with Gasteiger partial charge in [-0.3, -0.25) is 0 Å². The van der Waals surface area contributed by atoms with Gasteiger partial charge >= 0.3 is 0 Å². The van der Waals surface area contributed by atoms with Gasteiger partial charge in [0.1, 0.15) is 5.75 Å². The van der Waals surface area contributed by atoms with Crippen molar-refractivity contribution in [2.24, 2.45) is 0 Å². The minimum atomic E-state index is 0.802. The third kappa shape index (κ3) is 5.47. The van der Waals surface area contributed by atoms with Crippen molar-refractivity contribution in [1.82, 2.24) is 0 Å². The van der Waals surface area contributed by atoms with Crippen LogP contribution in [0, 0.1) is 0 Å². The number of para-hydroxylation sites is 1. The van der Waals surface area contributed by atoms with Crippen LogP contribution in [-0.4, -0.2) is 6.61 Å². The molecule has 0 amide bonds. The Morgan fingerprint density at radius 1 is 0.810 bits per heavy atom. The fraction of sp³-hybridized carbons (Fsp3) is 0.300. The molecular weight excluding hydrogens is 256 g/mol. The highest BCUT2D eigenvalue weighted by Gasteiger charge is 1.99. The topological polar surface area (TPSA) is 9.23 Å². The summed E-state index contributed by atoms with van der Waals surface area (Å²) in [6.45, 7) is 3.03. The SMILES string of the molecule is CCCCCCOc1ccccc1/C=C/c1ccccc1. The van der Waals surface area contributed by atoms with Crippen molar-refractivity contribution in [3.63, 3.8) is 0 Å². The zero-order chi connectivity index (χ0) is 14.8. The van der Waals surface area contributed by atoms with Gasteiger partial charge in [0.2, 0.25) is 0 Å². The van der Waals surface area contributed by atoms with Gasteiger partial charge in [0, 0.05) is 5.56 Å². The lowest BCUT2D eigenvalue weighted by molar-refractivity contribution is 0.304. The second-order valence-corrected chi connectivity index (χ2v) is 5.19. The van der Waals surface area contributed by atoms with E-state index in [0.29, 0.717) is 0 Å². The standard InChI is InChI=1S/C20H24O/c1-2-3-4-10-17-21-20-14-9-8-13-19(20)16-15-18-11-6-5-7-12-18/h5-9,11-16H,2-4,10,17H2,1H3/b16-15+. The van der Waals surface area contributed by atoms with Crippen molar-refractivity contribution in [2.45, 2.75) is 32.6 Å². The molecule has 21 heavy (non-hydrogen) atoms. The Hall–Kier alpha value is -2.02. The van der Waals surface area contributed by atoms with Gasteiger partial charge in [-0.25, -0.2) is 0 Å². The normalized spacial score (nSPS) is 10.9. The number of benzene rings is 2. The molecule has 2 rings (SSSR count). The minimum absolute atomic E-state index is 0.802. The van der Waals surface area contributed by atoms with E-state index in [1.165, 1.54) is 24.8 Å². The van der Waals surface area contributed by atoms with Crippen LogP contribution in [0.5, 0.6) is 5.75 Å². The number of unbranched alkanes of at least 4 members (excludes halogenated alkanes) is 3. The summed E-state index contributed by atoms with van der Waals surface area (Å²) in [5.74, 6) is 0.973. The van der Waals surface area contributed by atoms with E-state index < -0.39 is 0 Å². The van der Waals surface area contributed by atoms with Crippen LogP contribution in [0.2, 0.25) is 0 Å². The molecule has 2 aromatic rings. The maximum Gasteiger partial charge on any atom is 0.126 e. The van der Waals surface area contributed by atoms with Crippen LogP contribution in [0.3, 0.4) is 0 Å². The quantitative estimate of drug-likeness (QED) is 0.437. The molecule has 0 heterocycles. The van der Waals surface area contributed by atoms with Crippen LogP contribution in [-0.2, 0) is 0 Å². The lowest BCUT2D eigenvalue weighted by Crippen LogP contribution is -1.98. The van der Waals surface area contributed by atoms with E-state index in [4.69, 9.17) is 4.74 Å². The summed E-state index contributed by atoms with van der Waals surface area (Å²) >= 11 is 0. The second kappa shape index (κ2) is 9.02. The molecule has 0 saturated heterocycles. The summed E-state index contributed by atoms with van der Waals surface area (Å²) < 4.78 is 5.92. The van der Waals surface area contributed by atoms with E-state index in [0.717, 1.165) is 24.3 Å². The lowest BCUT2D eigenvalue weighted by atomic mass is 10.1. The Kier molecular flexibility index (Phi) is 6.60. The second-order valence-electron chi connectivity index (χ2n) is 5.19. The summed E-state index contributed by atoms with van der Waals surface area (Å²) in [6, 6.07) is 18.6. The molecule has 0 aliphatic rings. The van der Waals surface area contributed by atoms with E-state index in [1.807, 2.05) is 18.2 Å². The zero-order valence-corrected chi connectivity index (χ0v) is 12.8. The first kappa shape index (κ1) is 15.4. The first-order valence-electron chi connectivity index (χ1n) is 7.85. The molecule has 0 N–H and O–H groups in total. The van der Waals surface area contributed by atoms with Crippen molar-refractivity contribution in [1.29, 1.82) is 0 Å². The van der Waals surface area contributed by atoms with Crippen LogP contribution in [0.25, 0.3) is 12.2 Å². The molecule has 1 heteroatoms. The lowest BCUT2D eigenvalue weighted by Gasteiger charge is -2.09. The van der Waals surface area contributed by atoms with E-state index in [1.54, 1.807) is 0 Å². The molecular formula is C20H24O. The van der Waals surface area contributed by atoms with Crippen molar-refractivity contribution >= 4 is 12.2 Å². The number of hydrogen-bond donors (Lipinski definition) is 0. The highest BCUT2D eigenvalue weighted by atomic mass is 16.5. The summed E-state index contributed by atoms with van der Waals surface area (Å²) in [5, 5.41) is 0. The molecule has 0 bridgehead atoms. The molecule has 110 valence electrons. The van der Waals surface area contributed by atoms with Gasteiger partial charge in [-0.05, 0) is 18.1 Å².